The lowest BCUT2D eigenvalue weighted by molar-refractivity contribution is -0.302. The molecule has 0 aromatic heterocycles. The zero-order valence-electron chi connectivity index (χ0n) is 18.6. The van der Waals surface area contributed by atoms with Crippen molar-refractivity contribution < 1.29 is 18.1 Å². The first-order valence-corrected chi connectivity index (χ1v) is 12.6. The molecule has 0 amide bonds. The first-order valence-electron chi connectivity index (χ1n) is 11.1. The second-order valence-corrected chi connectivity index (χ2v) is 10.0. The van der Waals surface area contributed by atoms with Crippen LogP contribution in [0, 0.1) is 5.21 Å². The molecule has 0 spiro atoms. The number of benzene rings is 6. The van der Waals surface area contributed by atoms with Gasteiger partial charge in [-0.2, -0.15) is 4.57 Å². The fraction of sp³-hybridized carbons (Fsp3) is 0. The second-order valence-electron chi connectivity index (χ2n) is 8.30. The van der Waals surface area contributed by atoms with E-state index in [1.807, 2.05) is 109 Å². The molecule has 6 aromatic rings. The summed E-state index contributed by atoms with van der Waals surface area (Å²) in [5, 5.41) is 19.2. The third-order valence-electron chi connectivity index (χ3n) is 6.13. The lowest BCUT2D eigenvalue weighted by Crippen LogP contribution is -2.11. The van der Waals surface area contributed by atoms with Crippen molar-refractivity contribution in [2.75, 3.05) is 0 Å². The zero-order valence-corrected chi connectivity index (χ0v) is 19.5. The third kappa shape index (κ3) is 3.58. The number of hydrogen-bond donors (Lipinski definition) is 0. The standard InChI is InChI=1S/C29H20NO4P/c1-30(31)35(32,33-28-24-14-6-2-10-20(24)18-21-11-3-7-15-25(21)28)34-29-26-16-8-4-12-22(26)19-23-13-5-9-17-27(23)29/h2-19H,1H2. The van der Waals surface area contributed by atoms with Gasteiger partial charge in [-0.25, -0.2) is 0 Å². The molecule has 35 heavy (non-hydrogen) atoms. The Hall–Kier alpha value is -4.34. The highest BCUT2D eigenvalue weighted by molar-refractivity contribution is 7.48. The van der Waals surface area contributed by atoms with E-state index in [0.717, 1.165) is 43.1 Å². The number of nitrogens with zero attached hydrogens (tertiary/aromatic N) is 1. The van der Waals surface area contributed by atoms with Crippen molar-refractivity contribution in [3.8, 4) is 11.5 Å². The van der Waals surface area contributed by atoms with Crippen LogP contribution < -0.4 is 9.05 Å². The minimum atomic E-state index is -4.49. The summed E-state index contributed by atoms with van der Waals surface area (Å²) in [6.45, 7) is 3.39. The van der Waals surface area contributed by atoms with Crippen LogP contribution in [-0.4, -0.2) is 11.2 Å². The summed E-state index contributed by atoms with van der Waals surface area (Å²) in [5.41, 5.74) is 0. The van der Waals surface area contributed by atoms with E-state index in [1.54, 1.807) is 0 Å². The Morgan fingerprint density at radius 2 is 0.857 bits per heavy atom. The molecule has 5 nitrogen and oxygen atoms in total. The van der Waals surface area contributed by atoms with E-state index in [-0.39, 0.29) is 4.51 Å². The number of hydrogen-bond acceptors (Lipinski definition) is 4. The van der Waals surface area contributed by atoms with E-state index in [2.05, 4.69) is 6.72 Å². The Bertz CT molecular complexity index is 1600. The highest BCUT2D eigenvalue weighted by Crippen LogP contribution is 2.54. The fourth-order valence-corrected chi connectivity index (χ4v) is 5.56. The second kappa shape index (κ2) is 8.15. The molecule has 0 N–H and O–H groups in total. The van der Waals surface area contributed by atoms with Gasteiger partial charge >= 0.3 is 7.75 Å². The first-order chi connectivity index (χ1) is 17.0. The van der Waals surface area contributed by atoms with Gasteiger partial charge in [0.1, 0.15) is 6.72 Å². The molecule has 6 heteroatoms. The van der Waals surface area contributed by atoms with Gasteiger partial charge in [-0.05, 0) is 33.7 Å². The lowest BCUT2D eigenvalue weighted by atomic mass is 10.0. The monoisotopic (exact) mass is 477 g/mol. The van der Waals surface area contributed by atoms with Crippen LogP contribution in [0.25, 0.3) is 43.1 Å². The lowest BCUT2D eigenvalue weighted by Gasteiger charge is -2.20. The van der Waals surface area contributed by atoms with Crippen LogP contribution in [0.3, 0.4) is 0 Å². The van der Waals surface area contributed by atoms with Gasteiger partial charge in [0.05, 0.1) is 0 Å². The van der Waals surface area contributed by atoms with E-state index in [4.69, 9.17) is 9.05 Å². The van der Waals surface area contributed by atoms with Gasteiger partial charge in [0.25, 0.3) is 0 Å². The first kappa shape index (κ1) is 21.2. The van der Waals surface area contributed by atoms with Crippen LogP contribution in [-0.2, 0) is 4.57 Å². The number of rotatable bonds is 5. The normalized spacial score (nSPS) is 11.8. The molecule has 0 heterocycles. The van der Waals surface area contributed by atoms with Crippen LogP contribution in [0.1, 0.15) is 0 Å². The van der Waals surface area contributed by atoms with E-state index in [9.17, 15) is 9.77 Å². The van der Waals surface area contributed by atoms with Crippen molar-refractivity contribution in [1.82, 2.24) is 0 Å². The molecular formula is C29H20NO4P. The maximum Gasteiger partial charge on any atom is 0.733 e. The topological polar surface area (TPSA) is 61.6 Å². The quantitative estimate of drug-likeness (QED) is 0.0828. The molecule has 0 aliphatic carbocycles. The molecule has 0 atom stereocenters. The predicted octanol–water partition coefficient (Wildman–Crippen LogP) is 8.08. The molecule has 0 aliphatic heterocycles. The van der Waals surface area contributed by atoms with Crippen molar-refractivity contribution in [1.29, 1.82) is 0 Å². The molecule has 6 aromatic carbocycles. The van der Waals surface area contributed by atoms with Crippen molar-refractivity contribution in [3.63, 3.8) is 0 Å². The maximum atomic E-state index is 14.1. The van der Waals surface area contributed by atoms with Crippen LogP contribution >= 0.6 is 7.75 Å². The van der Waals surface area contributed by atoms with Crippen molar-refractivity contribution >= 4 is 57.6 Å². The molecule has 0 fully saturated rings. The summed E-state index contributed by atoms with van der Waals surface area (Å²) < 4.78 is 26.3. The van der Waals surface area contributed by atoms with Gasteiger partial charge in [0.2, 0.25) is 0 Å². The molecule has 0 aliphatic rings. The molecule has 0 saturated carbocycles. The van der Waals surface area contributed by atoms with Crippen LogP contribution in [0.5, 0.6) is 11.5 Å². The van der Waals surface area contributed by atoms with Crippen LogP contribution in [0.15, 0.2) is 109 Å². The summed E-state index contributed by atoms with van der Waals surface area (Å²) in [7, 11) is -4.49. The van der Waals surface area contributed by atoms with Crippen LogP contribution in [0.2, 0.25) is 0 Å². The van der Waals surface area contributed by atoms with E-state index < -0.39 is 7.75 Å². The fourth-order valence-electron chi connectivity index (χ4n) is 4.48. The van der Waals surface area contributed by atoms with E-state index >= 15 is 0 Å². The summed E-state index contributed by atoms with van der Waals surface area (Å²) in [5.74, 6) is 0.632. The Morgan fingerprint density at radius 3 is 1.14 bits per heavy atom. The molecular weight excluding hydrogens is 457 g/mol. The van der Waals surface area contributed by atoms with Gasteiger partial charge in [0, 0.05) is 21.5 Å². The molecule has 0 unspecified atom stereocenters. The van der Waals surface area contributed by atoms with Crippen molar-refractivity contribution in [2.45, 2.75) is 0 Å². The molecule has 6 rings (SSSR count). The third-order valence-corrected chi connectivity index (χ3v) is 7.50. The maximum absolute atomic E-state index is 14.1. The Labute approximate surface area is 201 Å². The minimum absolute atomic E-state index is 0.0418. The number of fused-ring (bicyclic) bond motifs is 4. The van der Waals surface area contributed by atoms with E-state index in [1.165, 1.54) is 0 Å². The Morgan fingerprint density at radius 1 is 0.571 bits per heavy atom. The summed E-state index contributed by atoms with van der Waals surface area (Å²) in [6.07, 6.45) is 0. The predicted molar refractivity (Wildman–Crippen MR) is 143 cm³/mol. The summed E-state index contributed by atoms with van der Waals surface area (Å²) >= 11 is 0. The van der Waals surface area contributed by atoms with Gasteiger partial charge < -0.3 is 14.3 Å². The SMILES string of the molecule is C=[N+]([O-])P(=O)(Oc1c2ccccc2cc2ccccc12)Oc1c2ccccc2cc2ccccc12. The van der Waals surface area contributed by atoms with Gasteiger partial charge in [-0.15, -0.1) is 4.51 Å². The summed E-state index contributed by atoms with van der Waals surface area (Å²) in [4.78, 5) is 0. The Kier molecular flexibility index (Phi) is 4.94. The molecule has 170 valence electrons. The Balaban J connectivity index is 1.58. The smallest absolute Gasteiger partial charge is 0.617 e. The van der Waals surface area contributed by atoms with Gasteiger partial charge in [-0.1, -0.05) is 97.1 Å². The minimum Gasteiger partial charge on any atom is -0.617 e. The van der Waals surface area contributed by atoms with Gasteiger partial charge in [0.15, 0.2) is 11.5 Å². The molecule has 0 radical (unpaired) electrons. The average Bonchev–Trinajstić information content (AvgIpc) is 2.88. The van der Waals surface area contributed by atoms with Crippen molar-refractivity contribution in [3.05, 3.63) is 114 Å². The zero-order chi connectivity index (χ0) is 24.0. The van der Waals surface area contributed by atoms with E-state index in [0.29, 0.717) is 11.5 Å². The largest absolute Gasteiger partial charge is 0.733 e. The molecule has 0 saturated heterocycles. The van der Waals surface area contributed by atoms with Gasteiger partial charge in [-0.3, -0.25) is 0 Å². The highest BCUT2D eigenvalue weighted by atomic mass is 31.2. The average molecular weight is 477 g/mol. The van der Waals surface area contributed by atoms with Crippen molar-refractivity contribution in [2.24, 2.45) is 0 Å². The summed E-state index contributed by atoms with van der Waals surface area (Å²) in [6, 6.07) is 34.4. The molecule has 0 bridgehead atoms. The highest BCUT2D eigenvalue weighted by Gasteiger charge is 2.42. The van der Waals surface area contributed by atoms with Crippen LogP contribution in [0.4, 0.5) is 0 Å².